The zero-order valence-electron chi connectivity index (χ0n) is 12.2. The zero-order chi connectivity index (χ0) is 13.5. The largest absolute Gasteiger partial charge is 0.369 e. The van der Waals surface area contributed by atoms with Crippen molar-refractivity contribution in [3.05, 3.63) is 0 Å². The van der Waals surface area contributed by atoms with Crippen molar-refractivity contribution in [3.63, 3.8) is 0 Å². The summed E-state index contributed by atoms with van der Waals surface area (Å²) in [5.41, 5.74) is 0. The summed E-state index contributed by atoms with van der Waals surface area (Å²) >= 11 is 0. The number of hydrogen-bond donors (Lipinski definition) is 2. The smallest absolute Gasteiger partial charge is 0.249 e. The molecular formula is C14H28N2O2. The molecule has 0 aliphatic carbocycles. The summed E-state index contributed by atoms with van der Waals surface area (Å²) in [5.74, 6) is 1.17. The predicted molar refractivity (Wildman–Crippen MR) is 73.5 cm³/mol. The van der Waals surface area contributed by atoms with Crippen molar-refractivity contribution < 1.29 is 9.53 Å². The van der Waals surface area contributed by atoms with Crippen LogP contribution in [0.4, 0.5) is 0 Å². The van der Waals surface area contributed by atoms with E-state index in [2.05, 4.69) is 31.4 Å². The van der Waals surface area contributed by atoms with Crippen LogP contribution in [0.2, 0.25) is 0 Å². The Balaban J connectivity index is 2.26. The van der Waals surface area contributed by atoms with Crippen molar-refractivity contribution in [3.8, 4) is 0 Å². The molecule has 18 heavy (non-hydrogen) atoms. The molecule has 4 nitrogen and oxygen atoms in total. The molecule has 0 aromatic carbocycles. The van der Waals surface area contributed by atoms with E-state index < -0.39 is 0 Å². The lowest BCUT2D eigenvalue weighted by Crippen LogP contribution is -2.52. The summed E-state index contributed by atoms with van der Waals surface area (Å²) in [4.78, 5) is 12.0. The third-order valence-electron chi connectivity index (χ3n) is 3.59. The second-order valence-electron chi connectivity index (χ2n) is 5.78. The molecule has 0 radical (unpaired) electrons. The monoisotopic (exact) mass is 256 g/mol. The van der Waals surface area contributed by atoms with E-state index in [0.717, 1.165) is 25.9 Å². The first-order chi connectivity index (χ1) is 8.50. The van der Waals surface area contributed by atoms with Crippen LogP contribution in [-0.2, 0) is 9.53 Å². The molecule has 1 heterocycles. The summed E-state index contributed by atoms with van der Waals surface area (Å²) in [6, 6.07) is 0.238. The van der Waals surface area contributed by atoms with Crippen molar-refractivity contribution in [2.75, 3.05) is 19.7 Å². The van der Waals surface area contributed by atoms with E-state index in [1.54, 1.807) is 0 Å². The Labute approximate surface area is 111 Å². The van der Waals surface area contributed by atoms with Gasteiger partial charge in [-0.3, -0.25) is 4.79 Å². The Bertz CT molecular complexity index is 256. The Morgan fingerprint density at radius 1 is 1.44 bits per heavy atom. The van der Waals surface area contributed by atoms with Crippen LogP contribution in [0.3, 0.4) is 0 Å². The third-order valence-corrected chi connectivity index (χ3v) is 3.59. The number of carbonyl (C=O) groups is 1. The lowest BCUT2D eigenvalue weighted by molar-refractivity contribution is -0.133. The van der Waals surface area contributed by atoms with Gasteiger partial charge in [-0.1, -0.05) is 20.8 Å². The van der Waals surface area contributed by atoms with Gasteiger partial charge < -0.3 is 15.4 Å². The van der Waals surface area contributed by atoms with Crippen LogP contribution in [0.15, 0.2) is 0 Å². The van der Waals surface area contributed by atoms with E-state index >= 15 is 0 Å². The quantitative estimate of drug-likeness (QED) is 0.758. The Hall–Kier alpha value is -0.610. The average molecular weight is 256 g/mol. The van der Waals surface area contributed by atoms with Gasteiger partial charge in [0.15, 0.2) is 0 Å². The molecule has 3 atom stereocenters. The fraction of sp³-hybridized carbons (Fsp3) is 0.929. The molecule has 0 saturated carbocycles. The molecule has 4 heteroatoms. The van der Waals surface area contributed by atoms with Gasteiger partial charge in [0.05, 0.1) is 0 Å². The minimum atomic E-state index is -0.349. The predicted octanol–water partition coefficient (Wildman–Crippen LogP) is 1.55. The highest BCUT2D eigenvalue weighted by Gasteiger charge is 2.24. The molecule has 0 spiro atoms. The molecule has 0 aromatic heterocycles. The van der Waals surface area contributed by atoms with Gasteiger partial charge in [0.25, 0.3) is 0 Å². The highest BCUT2D eigenvalue weighted by molar-refractivity contribution is 5.80. The summed E-state index contributed by atoms with van der Waals surface area (Å²) in [6.07, 6.45) is 1.77. The molecule has 1 aliphatic rings. The first-order valence-corrected chi connectivity index (χ1v) is 7.13. The van der Waals surface area contributed by atoms with Crippen LogP contribution < -0.4 is 10.6 Å². The average Bonchev–Trinajstić information content (AvgIpc) is 2.31. The molecule has 1 fully saturated rings. The van der Waals surface area contributed by atoms with E-state index in [4.69, 9.17) is 4.74 Å². The topological polar surface area (TPSA) is 50.4 Å². The number of carbonyl (C=O) groups excluding carboxylic acids is 1. The molecule has 1 aliphatic heterocycles. The Kier molecular flexibility index (Phi) is 6.65. The Morgan fingerprint density at radius 2 is 2.17 bits per heavy atom. The van der Waals surface area contributed by atoms with Gasteiger partial charge in [-0.15, -0.1) is 0 Å². The summed E-state index contributed by atoms with van der Waals surface area (Å²) in [7, 11) is 0. The SMILES string of the molecule is CC(C)CCOC(C)C(=O)NC1CNCCC1C. The van der Waals surface area contributed by atoms with Crippen molar-refractivity contribution in [1.82, 2.24) is 10.6 Å². The summed E-state index contributed by atoms with van der Waals surface area (Å²) < 4.78 is 5.56. The van der Waals surface area contributed by atoms with Gasteiger partial charge in [-0.05, 0) is 38.1 Å². The highest BCUT2D eigenvalue weighted by Crippen LogP contribution is 2.11. The van der Waals surface area contributed by atoms with Gasteiger partial charge >= 0.3 is 0 Å². The van der Waals surface area contributed by atoms with Crippen molar-refractivity contribution in [2.45, 2.75) is 52.7 Å². The van der Waals surface area contributed by atoms with Crippen molar-refractivity contribution in [1.29, 1.82) is 0 Å². The maximum absolute atomic E-state index is 12.0. The number of piperidine rings is 1. The van der Waals surface area contributed by atoms with Gasteiger partial charge in [-0.25, -0.2) is 0 Å². The fourth-order valence-corrected chi connectivity index (χ4v) is 2.04. The minimum Gasteiger partial charge on any atom is -0.369 e. The van der Waals surface area contributed by atoms with E-state index in [9.17, 15) is 4.79 Å². The lowest BCUT2D eigenvalue weighted by atomic mass is 9.95. The number of amides is 1. The van der Waals surface area contributed by atoms with Crippen LogP contribution in [0, 0.1) is 11.8 Å². The molecule has 106 valence electrons. The number of hydrogen-bond acceptors (Lipinski definition) is 3. The fourth-order valence-electron chi connectivity index (χ4n) is 2.04. The van der Waals surface area contributed by atoms with Crippen molar-refractivity contribution >= 4 is 5.91 Å². The number of ether oxygens (including phenoxy) is 1. The molecule has 1 saturated heterocycles. The van der Waals surface area contributed by atoms with E-state index in [-0.39, 0.29) is 18.1 Å². The normalized spacial score (nSPS) is 26.1. The summed E-state index contributed by atoms with van der Waals surface area (Å²) in [6.45, 7) is 10.9. The maximum Gasteiger partial charge on any atom is 0.249 e. The zero-order valence-corrected chi connectivity index (χ0v) is 12.2. The lowest BCUT2D eigenvalue weighted by Gasteiger charge is -2.31. The van der Waals surface area contributed by atoms with Crippen LogP contribution in [0.1, 0.15) is 40.5 Å². The molecular weight excluding hydrogens is 228 g/mol. The van der Waals surface area contributed by atoms with Gasteiger partial charge in [0.1, 0.15) is 6.10 Å². The van der Waals surface area contributed by atoms with Gasteiger partial charge in [0.2, 0.25) is 5.91 Å². The molecule has 1 rings (SSSR count). The molecule has 0 bridgehead atoms. The van der Waals surface area contributed by atoms with Gasteiger partial charge in [-0.2, -0.15) is 0 Å². The maximum atomic E-state index is 12.0. The standard InChI is InChI=1S/C14H28N2O2/c1-10(2)6-8-18-12(4)14(17)16-13-9-15-7-5-11(13)3/h10-13,15H,5-9H2,1-4H3,(H,16,17). The second kappa shape index (κ2) is 7.74. The van der Waals surface area contributed by atoms with Gasteiger partial charge in [0, 0.05) is 19.2 Å². The first kappa shape index (κ1) is 15.4. The van der Waals surface area contributed by atoms with Crippen molar-refractivity contribution in [2.24, 2.45) is 11.8 Å². The molecule has 1 amide bonds. The molecule has 3 unspecified atom stereocenters. The second-order valence-corrected chi connectivity index (χ2v) is 5.78. The molecule has 0 aromatic rings. The number of nitrogens with one attached hydrogen (secondary N) is 2. The molecule has 2 N–H and O–H groups in total. The van der Waals surface area contributed by atoms with Crippen LogP contribution in [0.5, 0.6) is 0 Å². The Morgan fingerprint density at radius 3 is 2.78 bits per heavy atom. The first-order valence-electron chi connectivity index (χ1n) is 7.13. The van der Waals surface area contributed by atoms with Crippen LogP contribution >= 0.6 is 0 Å². The van der Waals surface area contributed by atoms with Crippen LogP contribution in [0.25, 0.3) is 0 Å². The third kappa shape index (κ3) is 5.36. The van der Waals surface area contributed by atoms with E-state index in [0.29, 0.717) is 18.4 Å². The summed E-state index contributed by atoms with van der Waals surface area (Å²) in [5, 5.41) is 6.39. The minimum absolute atomic E-state index is 0.0132. The van der Waals surface area contributed by atoms with E-state index in [1.165, 1.54) is 0 Å². The number of rotatable bonds is 6. The van der Waals surface area contributed by atoms with E-state index in [1.807, 2.05) is 6.92 Å². The highest BCUT2D eigenvalue weighted by atomic mass is 16.5. The van der Waals surface area contributed by atoms with Crippen LogP contribution in [-0.4, -0.2) is 37.7 Å².